The van der Waals surface area contributed by atoms with Crippen LogP contribution >= 0.6 is 0 Å². The van der Waals surface area contributed by atoms with Crippen molar-refractivity contribution in [3.05, 3.63) is 241 Å². The van der Waals surface area contributed by atoms with Crippen LogP contribution in [0.3, 0.4) is 0 Å². The van der Waals surface area contributed by atoms with Gasteiger partial charge in [0, 0.05) is 34.1 Å². The molecule has 2 amide bonds. The number of hydrogen-bond donors (Lipinski definition) is 0. The van der Waals surface area contributed by atoms with Gasteiger partial charge in [0.25, 0.3) is 11.8 Å². The Morgan fingerprint density at radius 1 is 0.351 bits per heavy atom. The largest absolute Gasteiger partial charge is 0.457 e. The molecule has 0 atom stereocenters. The Kier molecular flexibility index (Phi) is 13.0. The molecule has 0 aromatic heterocycles. The Bertz CT molecular complexity index is 3080. The molecule has 0 aliphatic carbocycles. The standard InChI is InChI=1S/C62H50N4O8/c67-61-57-58(60(64(61)42-56-71-39-40-72-56)44-23-27-48(28-24-44)66(46-15-7-2-8-16-46)50-31-35-54(36-32-50)74-52-19-11-4-12-20-52)62(68)63(41-55-69-37-38-70-55)59(57)43-21-25-47(26-22-43)65(45-13-5-1-6-14-45)49-29-33-53(34-30-49)73-51-17-9-3-10-18-51/h1-36,55-56H,37-42H2. The first kappa shape index (κ1) is 46.3. The van der Waals surface area contributed by atoms with Crippen molar-refractivity contribution in [2.45, 2.75) is 12.6 Å². The summed E-state index contributed by atoms with van der Waals surface area (Å²) >= 11 is 0. The molecule has 4 heterocycles. The summed E-state index contributed by atoms with van der Waals surface area (Å²) < 4.78 is 36.0. The highest BCUT2D eigenvalue weighted by atomic mass is 16.7. The molecule has 2 fully saturated rings. The number of para-hydroxylation sites is 4. The lowest BCUT2D eigenvalue weighted by Gasteiger charge is -2.28. The average molecular weight is 979 g/mol. The molecule has 0 radical (unpaired) electrons. The second-order valence-corrected chi connectivity index (χ2v) is 17.9. The van der Waals surface area contributed by atoms with E-state index in [4.69, 9.17) is 28.4 Å². The fourth-order valence-electron chi connectivity index (χ4n) is 9.83. The van der Waals surface area contributed by atoms with E-state index in [-0.39, 0.29) is 24.9 Å². The van der Waals surface area contributed by atoms with Gasteiger partial charge in [-0.15, -0.1) is 0 Å². The van der Waals surface area contributed by atoms with Crippen molar-refractivity contribution in [1.82, 2.24) is 9.80 Å². The topological polar surface area (TPSA) is 102 Å². The molecule has 8 aromatic rings. The predicted octanol–water partition coefficient (Wildman–Crippen LogP) is 12.8. The van der Waals surface area contributed by atoms with E-state index in [0.29, 0.717) is 71.6 Å². The number of benzene rings is 8. The molecule has 74 heavy (non-hydrogen) atoms. The Balaban J connectivity index is 0.924. The van der Waals surface area contributed by atoms with Crippen molar-refractivity contribution < 1.29 is 38.0 Å². The average Bonchev–Trinajstić information content (AvgIpc) is 4.31. The molecular formula is C62H50N4O8. The fraction of sp³-hybridized carbons (Fsp3) is 0.129. The molecule has 0 saturated carbocycles. The number of amides is 2. The molecule has 12 nitrogen and oxygen atoms in total. The molecule has 2 saturated heterocycles. The van der Waals surface area contributed by atoms with Gasteiger partial charge in [-0.25, -0.2) is 0 Å². The third kappa shape index (κ3) is 9.42. The van der Waals surface area contributed by atoms with Crippen molar-refractivity contribution in [3.63, 3.8) is 0 Å². The number of fused-ring (bicyclic) bond motifs is 1. The Morgan fingerprint density at radius 2 is 0.622 bits per heavy atom. The Labute approximate surface area is 429 Å². The van der Waals surface area contributed by atoms with Gasteiger partial charge in [0.1, 0.15) is 23.0 Å². The van der Waals surface area contributed by atoms with Gasteiger partial charge in [-0.3, -0.25) is 9.59 Å². The Morgan fingerprint density at radius 3 is 0.946 bits per heavy atom. The van der Waals surface area contributed by atoms with Gasteiger partial charge in [0.2, 0.25) is 0 Å². The molecule has 4 aliphatic rings. The minimum absolute atomic E-state index is 0.0893. The van der Waals surface area contributed by atoms with E-state index in [9.17, 15) is 0 Å². The summed E-state index contributed by atoms with van der Waals surface area (Å²) in [4.78, 5) is 38.2. The molecule has 0 N–H and O–H groups in total. The maximum Gasteiger partial charge on any atom is 0.261 e. The lowest BCUT2D eigenvalue weighted by molar-refractivity contribution is -0.128. The number of carbonyl (C=O) groups excluding carboxylic acids is 2. The lowest BCUT2D eigenvalue weighted by Crippen LogP contribution is -2.37. The van der Waals surface area contributed by atoms with Gasteiger partial charge in [-0.2, -0.15) is 0 Å². The molecule has 0 unspecified atom stereocenters. The first-order valence-electron chi connectivity index (χ1n) is 24.7. The Hall–Kier alpha value is -8.78. The highest BCUT2D eigenvalue weighted by Gasteiger charge is 2.50. The van der Waals surface area contributed by atoms with Crippen molar-refractivity contribution in [2.24, 2.45) is 0 Å². The van der Waals surface area contributed by atoms with E-state index >= 15 is 9.59 Å². The quantitative estimate of drug-likeness (QED) is 0.0930. The molecular weight excluding hydrogens is 929 g/mol. The van der Waals surface area contributed by atoms with E-state index in [2.05, 4.69) is 34.1 Å². The van der Waals surface area contributed by atoms with Crippen LogP contribution in [0.25, 0.3) is 11.4 Å². The van der Waals surface area contributed by atoms with E-state index in [1.54, 1.807) is 9.80 Å². The van der Waals surface area contributed by atoms with Crippen LogP contribution in [0.1, 0.15) is 11.1 Å². The zero-order valence-corrected chi connectivity index (χ0v) is 40.2. The highest BCUT2D eigenvalue weighted by molar-refractivity contribution is 6.30. The lowest BCUT2D eigenvalue weighted by atomic mass is 10.0. The maximum atomic E-state index is 15.3. The summed E-state index contributed by atoms with van der Waals surface area (Å²) in [5.74, 6) is 2.28. The van der Waals surface area contributed by atoms with Gasteiger partial charge < -0.3 is 48.0 Å². The van der Waals surface area contributed by atoms with Crippen LogP contribution in [-0.2, 0) is 28.5 Å². The summed E-state index contributed by atoms with van der Waals surface area (Å²) in [6, 6.07) is 71.4. The van der Waals surface area contributed by atoms with E-state index in [1.165, 1.54) is 0 Å². The summed E-state index contributed by atoms with van der Waals surface area (Å²) in [5, 5.41) is 0. The van der Waals surface area contributed by atoms with E-state index in [0.717, 1.165) is 45.6 Å². The van der Waals surface area contributed by atoms with Crippen LogP contribution in [0, 0.1) is 0 Å². The molecule has 8 aromatic carbocycles. The minimum atomic E-state index is -0.673. The summed E-state index contributed by atoms with van der Waals surface area (Å²) in [5.41, 5.74) is 8.39. The number of hydrogen-bond acceptors (Lipinski definition) is 10. The van der Waals surface area contributed by atoms with Gasteiger partial charge >= 0.3 is 0 Å². The van der Waals surface area contributed by atoms with Crippen LogP contribution in [0.4, 0.5) is 34.1 Å². The zero-order chi connectivity index (χ0) is 49.8. The number of nitrogens with zero attached hydrogens (tertiary/aromatic N) is 4. The second kappa shape index (κ2) is 20.7. The number of ether oxygens (including phenoxy) is 6. The zero-order valence-electron chi connectivity index (χ0n) is 40.2. The number of anilines is 6. The molecule has 366 valence electrons. The molecule has 4 aliphatic heterocycles. The van der Waals surface area contributed by atoms with Gasteiger partial charge in [0.05, 0.1) is 62.1 Å². The van der Waals surface area contributed by atoms with E-state index < -0.39 is 12.6 Å². The van der Waals surface area contributed by atoms with E-state index in [1.807, 2.05) is 194 Å². The summed E-state index contributed by atoms with van der Waals surface area (Å²) in [7, 11) is 0. The third-order valence-electron chi connectivity index (χ3n) is 13.2. The fourth-order valence-corrected chi connectivity index (χ4v) is 9.83. The van der Waals surface area contributed by atoms with Crippen molar-refractivity contribution in [2.75, 3.05) is 49.3 Å². The van der Waals surface area contributed by atoms with Crippen LogP contribution in [0.2, 0.25) is 0 Å². The van der Waals surface area contributed by atoms with Gasteiger partial charge in [-0.1, -0.05) is 97.1 Å². The first-order chi connectivity index (χ1) is 36.5. The maximum absolute atomic E-state index is 15.3. The predicted molar refractivity (Wildman–Crippen MR) is 284 cm³/mol. The van der Waals surface area contributed by atoms with Crippen molar-refractivity contribution >= 4 is 57.3 Å². The minimum Gasteiger partial charge on any atom is -0.457 e. The third-order valence-corrected chi connectivity index (χ3v) is 13.2. The molecule has 12 heteroatoms. The monoisotopic (exact) mass is 978 g/mol. The molecule has 12 rings (SSSR count). The van der Waals surface area contributed by atoms with Gasteiger partial charge in [0.15, 0.2) is 12.6 Å². The SMILES string of the molecule is O=C1C2=C(c3ccc(N(c4ccccc4)c4ccc(Oc5ccccc5)cc4)cc3)N(CC3OCCO3)C(=O)C2=C(c2ccc(N(c3ccccc3)c3ccc(Oc4ccccc4)cc3)cc2)N1CC1OCCO1. The summed E-state index contributed by atoms with van der Waals surface area (Å²) in [6.07, 6.45) is -1.35. The highest BCUT2D eigenvalue weighted by Crippen LogP contribution is 2.48. The smallest absolute Gasteiger partial charge is 0.261 e. The van der Waals surface area contributed by atoms with Crippen LogP contribution in [0.5, 0.6) is 23.0 Å². The van der Waals surface area contributed by atoms with Crippen LogP contribution in [-0.4, -0.2) is 73.7 Å². The molecule has 0 bridgehead atoms. The first-order valence-corrected chi connectivity index (χ1v) is 24.7. The number of carbonyl (C=O) groups is 2. The second-order valence-electron chi connectivity index (χ2n) is 17.9. The van der Waals surface area contributed by atoms with Crippen LogP contribution < -0.4 is 19.3 Å². The molecule has 0 spiro atoms. The van der Waals surface area contributed by atoms with Gasteiger partial charge in [-0.05, 0) is 132 Å². The number of rotatable bonds is 16. The van der Waals surface area contributed by atoms with Crippen LogP contribution in [0.15, 0.2) is 230 Å². The van der Waals surface area contributed by atoms with Crippen molar-refractivity contribution in [3.8, 4) is 23.0 Å². The summed E-state index contributed by atoms with van der Waals surface area (Å²) in [6.45, 7) is 1.80. The van der Waals surface area contributed by atoms with Crippen molar-refractivity contribution in [1.29, 1.82) is 0 Å². The normalized spacial score (nSPS) is 15.8.